The van der Waals surface area contributed by atoms with Crippen molar-refractivity contribution in [1.29, 1.82) is 0 Å². The first kappa shape index (κ1) is 19.3. The summed E-state index contributed by atoms with van der Waals surface area (Å²) in [6.07, 6.45) is 6.20. The maximum atomic E-state index is 4.26. The fourth-order valence-electron chi connectivity index (χ4n) is 2.67. The number of hydrogen-bond donors (Lipinski definition) is 2. The van der Waals surface area contributed by atoms with E-state index in [-0.39, 0.29) is 24.0 Å². The largest absolute Gasteiger partial charge is 0.364 e. The van der Waals surface area contributed by atoms with E-state index in [1.165, 1.54) is 11.3 Å². The van der Waals surface area contributed by atoms with Gasteiger partial charge in [0.05, 0.1) is 12.2 Å². The molecule has 134 valence electrons. The number of benzene rings is 1. The first-order valence-electron chi connectivity index (χ1n) is 8.16. The molecule has 0 atom stereocenters. The second kappa shape index (κ2) is 9.45. The van der Waals surface area contributed by atoms with E-state index in [4.69, 9.17) is 0 Å². The van der Waals surface area contributed by atoms with E-state index in [0.29, 0.717) is 6.54 Å². The van der Waals surface area contributed by atoms with Gasteiger partial charge in [0.1, 0.15) is 0 Å². The SMILES string of the molecule is CN=C(NCc1ccc(N2CC=CC2)cc1)NCc1ccnn1C.I. The molecule has 0 radical (unpaired) electrons. The number of aryl methyl sites for hydroxylation is 1. The van der Waals surface area contributed by atoms with E-state index >= 15 is 0 Å². The van der Waals surface area contributed by atoms with Crippen molar-refractivity contribution in [2.45, 2.75) is 13.1 Å². The molecule has 1 aliphatic heterocycles. The number of halogens is 1. The van der Waals surface area contributed by atoms with Crippen molar-refractivity contribution in [3.8, 4) is 0 Å². The molecule has 0 unspecified atom stereocenters. The fraction of sp³-hybridized carbons (Fsp3) is 0.333. The molecule has 2 aromatic rings. The van der Waals surface area contributed by atoms with Gasteiger partial charge in [-0.25, -0.2) is 0 Å². The maximum absolute atomic E-state index is 4.26. The number of nitrogens with one attached hydrogen (secondary N) is 2. The van der Waals surface area contributed by atoms with Crippen LogP contribution in [0.3, 0.4) is 0 Å². The minimum atomic E-state index is 0. The summed E-state index contributed by atoms with van der Waals surface area (Å²) in [4.78, 5) is 6.60. The van der Waals surface area contributed by atoms with Gasteiger partial charge in [-0.15, -0.1) is 24.0 Å². The highest BCUT2D eigenvalue weighted by Gasteiger charge is 2.07. The van der Waals surface area contributed by atoms with Gasteiger partial charge in [-0.1, -0.05) is 24.3 Å². The third-order valence-electron chi connectivity index (χ3n) is 4.16. The van der Waals surface area contributed by atoms with Crippen LogP contribution in [0.1, 0.15) is 11.3 Å². The van der Waals surface area contributed by atoms with Crippen LogP contribution in [0.15, 0.2) is 53.7 Å². The summed E-state index contributed by atoms with van der Waals surface area (Å²) in [5.74, 6) is 0.781. The smallest absolute Gasteiger partial charge is 0.191 e. The maximum Gasteiger partial charge on any atom is 0.191 e. The quantitative estimate of drug-likeness (QED) is 0.317. The highest BCUT2D eigenvalue weighted by molar-refractivity contribution is 14.0. The monoisotopic (exact) mass is 452 g/mol. The Morgan fingerprint density at radius 3 is 2.36 bits per heavy atom. The Hall–Kier alpha value is -2.03. The lowest BCUT2D eigenvalue weighted by Gasteiger charge is -2.18. The number of anilines is 1. The zero-order valence-electron chi connectivity index (χ0n) is 14.6. The average Bonchev–Trinajstić information content (AvgIpc) is 3.28. The Morgan fingerprint density at radius 2 is 1.76 bits per heavy atom. The molecular weight excluding hydrogens is 427 g/mol. The molecular formula is C18H25IN6. The Labute approximate surface area is 166 Å². The standard InChI is InChI=1S/C18H24N6.HI/c1-19-18(21-14-17-9-10-22-23(17)2)20-13-15-5-7-16(8-6-15)24-11-3-4-12-24;/h3-10H,11-14H2,1-2H3,(H2,19,20,21);1H. The summed E-state index contributed by atoms with van der Waals surface area (Å²) in [5.41, 5.74) is 3.61. The molecule has 2 heterocycles. The summed E-state index contributed by atoms with van der Waals surface area (Å²) in [5, 5.41) is 10.8. The van der Waals surface area contributed by atoms with Crippen LogP contribution >= 0.6 is 24.0 Å². The second-order valence-corrected chi connectivity index (χ2v) is 5.77. The highest BCUT2D eigenvalue weighted by Crippen LogP contribution is 2.17. The van der Waals surface area contributed by atoms with E-state index in [2.05, 4.69) is 62.0 Å². The van der Waals surface area contributed by atoms with Gasteiger partial charge in [0.25, 0.3) is 0 Å². The van der Waals surface area contributed by atoms with Gasteiger partial charge < -0.3 is 15.5 Å². The molecule has 0 bridgehead atoms. The second-order valence-electron chi connectivity index (χ2n) is 5.77. The molecule has 0 saturated heterocycles. The number of hydrogen-bond acceptors (Lipinski definition) is 3. The number of guanidine groups is 1. The lowest BCUT2D eigenvalue weighted by molar-refractivity contribution is 0.684. The summed E-state index contributed by atoms with van der Waals surface area (Å²) >= 11 is 0. The summed E-state index contributed by atoms with van der Waals surface area (Å²) < 4.78 is 1.85. The van der Waals surface area contributed by atoms with Gasteiger partial charge >= 0.3 is 0 Å². The summed E-state index contributed by atoms with van der Waals surface area (Å²) in [6.45, 7) is 3.44. The number of aliphatic imine (C=N–C) groups is 1. The van der Waals surface area contributed by atoms with Crippen molar-refractivity contribution in [2.24, 2.45) is 12.0 Å². The predicted octanol–water partition coefficient (Wildman–Crippen LogP) is 2.28. The number of aromatic nitrogens is 2. The Kier molecular flexibility index (Phi) is 7.30. The van der Waals surface area contributed by atoms with E-state index < -0.39 is 0 Å². The van der Waals surface area contributed by atoms with Gasteiger partial charge in [0, 0.05) is 45.6 Å². The zero-order valence-corrected chi connectivity index (χ0v) is 17.0. The molecule has 6 nitrogen and oxygen atoms in total. The third-order valence-corrected chi connectivity index (χ3v) is 4.16. The first-order chi connectivity index (χ1) is 11.8. The molecule has 3 rings (SSSR count). The Balaban J connectivity index is 0.00000225. The first-order valence-corrected chi connectivity index (χ1v) is 8.16. The van der Waals surface area contributed by atoms with Gasteiger partial charge in [-0.05, 0) is 23.8 Å². The molecule has 25 heavy (non-hydrogen) atoms. The molecule has 0 aliphatic carbocycles. The van der Waals surface area contributed by atoms with Crippen molar-refractivity contribution >= 4 is 35.6 Å². The van der Waals surface area contributed by atoms with Gasteiger partial charge in [-0.3, -0.25) is 9.67 Å². The minimum absolute atomic E-state index is 0. The minimum Gasteiger partial charge on any atom is -0.364 e. The predicted molar refractivity (Wildman–Crippen MR) is 113 cm³/mol. The molecule has 1 aromatic heterocycles. The summed E-state index contributed by atoms with van der Waals surface area (Å²) in [6, 6.07) is 10.7. The van der Waals surface area contributed by atoms with Gasteiger partial charge in [-0.2, -0.15) is 5.10 Å². The lowest BCUT2D eigenvalue weighted by atomic mass is 10.2. The lowest BCUT2D eigenvalue weighted by Crippen LogP contribution is -2.36. The average molecular weight is 452 g/mol. The van der Waals surface area contributed by atoms with Crippen LogP contribution in [0.2, 0.25) is 0 Å². The topological polar surface area (TPSA) is 57.5 Å². The van der Waals surface area contributed by atoms with Crippen molar-refractivity contribution in [3.05, 3.63) is 59.9 Å². The number of nitrogens with zero attached hydrogens (tertiary/aromatic N) is 4. The molecule has 0 amide bonds. The molecule has 0 saturated carbocycles. The molecule has 1 aromatic carbocycles. The number of rotatable bonds is 5. The highest BCUT2D eigenvalue weighted by atomic mass is 127. The van der Waals surface area contributed by atoms with Crippen molar-refractivity contribution in [2.75, 3.05) is 25.0 Å². The molecule has 2 N–H and O–H groups in total. The van der Waals surface area contributed by atoms with Gasteiger partial charge in [0.2, 0.25) is 0 Å². The van der Waals surface area contributed by atoms with Gasteiger partial charge in [0.15, 0.2) is 5.96 Å². The summed E-state index contributed by atoms with van der Waals surface area (Å²) in [7, 11) is 3.71. The van der Waals surface area contributed by atoms with E-state index in [1.54, 1.807) is 13.2 Å². The van der Waals surface area contributed by atoms with Crippen LogP contribution in [-0.2, 0) is 20.1 Å². The zero-order chi connectivity index (χ0) is 16.8. The van der Waals surface area contributed by atoms with Crippen molar-refractivity contribution < 1.29 is 0 Å². The fourth-order valence-corrected chi connectivity index (χ4v) is 2.67. The Bertz CT molecular complexity index is 711. The van der Waals surface area contributed by atoms with E-state index in [9.17, 15) is 0 Å². The molecule has 0 fully saturated rings. The van der Waals surface area contributed by atoms with Crippen molar-refractivity contribution in [3.63, 3.8) is 0 Å². The van der Waals surface area contributed by atoms with E-state index in [0.717, 1.165) is 31.3 Å². The normalized spacial score (nSPS) is 13.7. The Morgan fingerprint density at radius 1 is 1.08 bits per heavy atom. The van der Waals surface area contributed by atoms with Crippen LogP contribution in [0.5, 0.6) is 0 Å². The van der Waals surface area contributed by atoms with Crippen LogP contribution in [-0.4, -0.2) is 35.9 Å². The molecule has 1 aliphatic rings. The third kappa shape index (κ3) is 5.22. The van der Waals surface area contributed by atoms with Crippen molar-refractivity contribution in [1.82, 2.24) is 20.4 Å². The van der Waals surface area contributed by atoms with E-state index in [1.807, 2.05) is 17.8 Å². The molecule has 7 heteroatoms. The van der Waals surface area contributed by atoms with Crippen LogP contribution in [0.25, 0.3) is 0 Å². The van der Waals surface area contributed by atoms with Crippen LogP contribution < -0.4 is 15.5 Å². The van der Waals surface area contributed by atoms with Crippen LogP contribution in [0.4, 0.5) is 5.69 Å². The van der Waals surface area contributed by atoms with Crippen LogP contribution in [0, 0.1) is 0 Å². The molecule has 0 spiro atoms.